The summed E-state index contributed by atoms with van der Waals surface area (Å²) in [6, 6.07) is 0. The third kappa shape index (κ3) is 1.76. The molecule has 0 amide bonds. The maximum atomic E-state index is 5.41. The normalized spacial score (nSPS) is 10.5. The Balaban J connectivity index is 2.23. The van der Waals surface area contributed by atoms with Crippen LogP contribution in [-0.4, -0.2) is 21.3 Å². The van der Waals surface area contributed by atoms with Crippen LogP contribution in [0, 0.1) is 0 Å². The number of nitrogens with zero attached hydrogens (tertiary/aromatic N) is 3. The zero-order valence-corrected chi connectivity index (χ0v) is 7.87. The van der Waals surface area contributed by atoms with Crippen molar-refractivity contribution in [2.75, 3.05) is 6.54 Å². The lowest BCUT2D eigenvalue weighted by Crippen LogP contribution is -2.09. The molecule has 2 aromatic rings. The van der Waals surface area contributed by atoms with Crippen molar-refractivity contribution in [2.24, 2.45) is 5.73 Å². The predicted octanol–water partition coefficient (Wildman–Crippen LogP) is 0.965. The number of thiazole rings is 1. The third-order valence-corrected chi connectivity index (χ3v) is 2.31. The average molecular weight is 194 g/mol. The Hall–Kier alpha value is -1.20. The van der Waals surface area contributed by atoms with Gasteiger partial charge in [-0.1, -0.05) is 0 Å². The maximum absolute atomic E-state index is 5.41. The molecule has 2 N–H and O–H groups in total. The van der Waals surface area contributed by atoms with Gasteiger partial charge in [-0.2, -0.15) is 5.10 Å². The molecule has 0 fully saturated rings. The summed E-state index contributed by atoms with van der Waals surface area (Å²) in [6.45, 7) is 1.36. The highest BCUT2D eigenvalue weighted by atomic mass is 32.1. The van der Waals surface area contributed by atoms with Crippen molar-refractivity contribution in [3.05, 3.63) is 23.3 Å². The standard InChI is InChI=1S/C8H10N4S/c9-1-2-12-4-7(3-11-12)8-5-13-6-10-8/h3-6H,1-2,9H2. The molecular weight excluding hydrogens is 184 g/mol. The Labute approximate surface area is 80.0 Å². The molecule has 2 heterocycles. The molecule has 0 unspecified atom stereocenters. The fourth-order valence-corrected chi connectivity index (χ4v) is 1.67. The molecule has 0 aliphatic rings. The van der Waals surface area contributed by atoms with E-state index in [-0.39, 0.29) is 0 Å². The second-order valence-electron chi connectivity index (χ2n) is 2.65. The highest BCUT2D eigenvalue weighted by Crippen LogP contribution is 2.17. The molecule has 0 radical (unpaired) electrons. The summed E-state index contributed by atoms with van der Waals surface area (Å²) in [5, 5.41) is 6.17. The minimum atomic E-state index is 0.609. The second kappa shape index (κ2) is 3.68. The van der Waals surface area contributed by atoms with Gasteiger partial charge in [0.1, 0.15) is 0 Å². The molecule has 0 saturated carbocycles. The molecule has 5 heteroatoms. The van der Waals surface area contributed by atoms with E-state index < -0.39 is 0 Å². The molecule has 0 aliphatic carbocycles. The molecule has 0 spiro atoms. The first kappa shape index (κ1) is 8.40. The highest BCUT2D eigenvalue weighted by molar-refractivity contribution is 7.07. The van der Waals surface area contributed by atoms with Gasteiger partial charge in [0.15, 0.2) is 0 Å². The van der Waals surface area contributed by atoms with Crippen LogP contribution in [0.5, 0.6) is 0 Å². The first-order chi connectivity index (χ1) is 6.40. The van der Waals surface area contributed by atoms with Crippen LogP contribution >= 0.6 is 11.3 Å². The Morgan fingerprint density at radius 3 is 3.15 bits per heavy atom. The lowest BCUT2D eigenvalue weighted by atomic mass is 10.3. The van der Waals surface area contributed by atoms with Gasteiger partial charge in [-0.3, -0.25) is 4.68 Å². The number of hydrogen-bond acceptors (Lipinski definition) is 4. The zero-order chi connectivity index (χ0) is 9.10. The Morgan fingerprint density at radius 1 is 1.54 bits per heavy atom. The van der Waals surface area contributed by atoms with Gasteiger partial charge in [0, 0.05) is 23.7 Å². The summed E-state index contributed by atoms with van der Waals surface area (Å²) in [6.07, 6.45) is 3.77. The Kier molecular flexibility index (Phi) is 2.37. The van der Waals surface area contributed by atoms with E-state index in [9.17, 15) is 0 Å². The summed E-state index contributed by atoms with van der Waals surface area (Å²) in [7, 11) is 0. The molecule has 0 atom stereocenters. The van der Waals surface area contributed by atoms with E-state index >= 15 is 0 Å². The van der Waals surface area contributed by atoms with E-state index in [1.807, 2.05) is 28.0 Å². The summed E-state index contributed by atoms with van der Waals surface area (Å²) in [4.78, 5) is 4.19. The lowest BCUT2D eigenvalue weighted by molar-refractivity contribution is 0.625. The van der Waals surface area contributed by atoms with Gasteiger partial charge in [-0.15, -0.1) is 11.3 Å². The third-order valence-electron chi connectivity index (χ3n) is 1.72. The Bertz CT molecular complexity index is 365. The monoisotopic (exact) mass is 194 g/mol. The van der Waals surface area contributed by atoms with Crippen LogP contribution in [0.1, 0.15) is 0 Å². The van der Waals surface area contributed by atoms with Crippen molar-refractivity contribution in [3.63, 3.8) is 0 Å². The van der Waals surface area contributed by atoms with Crippen molar-refractivity contribution in [2.45, 2.75) is 6.54 Å². The molecule has 68 valence electrons. The molecular formula is C8H10N4S. The second-order valence-corrected chi connectivity index (χ2v) is 3.37. The molecule has 4 nitrogen and oxygen atoms in total. The summed E-state index contributed by atoms with van der Waals surface area (Å²) < 4.78 is 1.83. The van der Waals surface area contributed by atoms with Crippen molar-refractivity contribution >= 4 is 11.3 Å². The van der Waals surface area contributed by atoms with E-state index in [0.717, 1.165) is 17.8 Å². The van der Waals surface area contributed by atoms with Crippen LogP contribution < -0.4 is 5.73 Å². The predicted molar refractivity (Wildman–Crippen MR) is 52.4 cm³/mol. The van der Waals surface area contributed by atoms with Crippen LogP contribution in [0.2, 0.25) is 0 Å². The van der Waals surface area contributed by atoms with Crippen LogP contribution in [0.3, 0.4) is 0 Å². The van der Waals surface area contributed by atoms with E-state index in [1.54, 1.807) is 11.3 Å². The van der Waals surface area contributed by atoms with Crippen molar-refractivity contribution in [1.29, 1.82) is 0 Å². The molecule has 2 aromatic heterocycles. The SMILES string of the molecule is NCCn1cc(-c2cscn2)cn1. The minimum Gasteiger partial charge on any atom is -0.329 e. The van der Waals surface area contributed by atoms with Gasteiger partial charge in [0.05, 0.1) is 23.9 Å². The fraction of sp³-hybridized carbons (Fsp3) is 0.250. The largest absolute Gasteiger partial charge is 0.329 e. The fourth-order valence-electron chi connectivity index (χ4n) is 1.11. The van der Waals surface area contributed by atoms with Crippen molar-refractivity contribution < 1.29 is 0 Å². The van der Waals surface area contributed by atoms with Gasteiger partial charge < -0.3 is 5.73 Å². The van der Waals surface area contributed by atoms with E-state index in [2.05, 4.69) is 10.1 Å². The topological polar surface area (TPSA) is 56.7 Å². The molecule has 0 aromatic carbocycles. The van der Waals surface area contributed by atoms with Crippen LogP contribution in [0.25, 0.3) is 11.3 Å². The molecule has 13 heavy (non-hydrogen) atoms. The van der Waals surface area contributed by atoms with Crippen LogP contribution in [0.15, 0.2) is 23.3 Å². The molecule has 2 rings (SSSR count). The first-order valence-corrected chi connectivity index (χ1v) is 4.95. The molecule has 0 saturated heterocycles. The van der Waals surface area contributed by atoms with Gasteiger partial charge in [-0.05, 0) is 0 Å². The minimum absolute atomic E-state index is 0.609. The van der Waals surface area contributed by atoms with Crippen LogP contribution in [0.4, 0.5) is 0 Å². The van der Waals surface area contributed by atoms with Crippen molar-refractivity contribution in [1.82, 2.24) is 14.8 Å². The van der Waals surface area contributed by atoms with E-state index in [0.29, 0.717) is 6.54 Å². The molecule has 0 aliphatic heterocycles. The highest BCUT2D eigenvalue weighted by Gasteiger charge is 2.02. The van der Waals surface area contributed by atoms with Crippen molar-refractivity contribution in [3.8, 4) is 11.3 Å². The Morgan fingerprint density at radius 2 is 2.46 bits per heavy atom. The molecule has 0 bridgehead atoms. The average Bonchev–Trinajstić information content (AvgIpc) is 2.70. The van der Waals surface area contributed by atoms with Gasteiger partial charge in [-0.25, -0.2) is 4.98 Å². The number of hydrogen-bond donors (Lipinski definition) is 1. The maximum Gasteiger partial charge on any atom is 0.0842 e. The number of rotatable bonds is 3. The van der Waals surface area contributed by atoms with Gasteiger partial charge in [0.25, 0.3) is 0 Å². The van der Waals surface area contributed by atoms with Crippen LogP contribution in [-0.2, 0) is 6.54 Å². The quantitative estimate of drug-likeness (QED) is 0.792. The van der Waals surface area contributed by atoms with Gasteiger partial charge in [0.2, 0.25) is 0 Å². The number of nitrogens with two attached hydrogens (primary N) is 1. The number of aromatic nitrogens is 3. The first-order valence-electron chi connectivity index (χ1n) is 4.01. The van der Waals surface area contributed by atoms with E-state index in [4.69, 9.17) is 5.73 Å². The summed E-state index contributed by atoms with van der Waals surface area (Å²) >= 11 is 1.58. The smallest absolute Gasteiger partial charge is 0.0842 e. The summed E-state index contributed by atoms with van der Waals surface area (Å²) in [5.41, 5.74) is 9.26. The van der Waals surface area contributed by atoms with E-state index in [1.165, 1.54) is 0 Å². The zero-order valence-electron chi connectivity index (χ0n) is 7.05. The lowest BCUT2D eigenvalue weighted by Gasteiger charge is -1.94. The summed E-state index contributed by atoms with van der Waals surface area (Å²) in [5.74, 6) is 0. The van der Waals surface area contributed by atoms with Gasteiger partial charge >= 0.3 is 0 Å².